The van der Waals surface area contributed by atoms with Crippen molar-refractivity contribution in [2.24, 2.45) is 15.7 Å². The Hall–Kier alpha value is -1.25. The standard InChI is InChI=1S/C9H15N3/c1-5-8(9(2,3)4)6-7-11-12-10/h5-7,10H,1H2,2-4H3/b8-6+,11-7-,12-10?. The van der Waals surface area contributed by atoms with Crippen LogP contribution in [0.25, 0.3) is 0 Å². The summed E-state index contributed by atoms with van der Waals surface area (Å²) in [7, 11) is 0. The molecule has 0 saturated heterocycles. The molecule has 0 atom stereocenters. The molecule has 0 saturated carbocycles. The minimum atomic E-state index is 0.0653. The second-order valence-electron chi connectivity index (χ2n) is 3.44. The van der Waals surface area contributed by atoms with Crippen LogP contribution in [0.5, 0.6) is 0 Å². The molecule has 12 heavy (non-hydrogen) atoms. The summed E-state index contributed by atoms with van der Waals surface area (Å²) in [6, 6.07) is 0. The van der Waals surface area contributed by atoms with E-state index < -0.39 is 0 Å². The average molecular weight is 165 g/mol. The van der Waals surface area contributed by atoms with Gasteiger partial charge in [0.25, 0.3) is 0 Å². The lowest BCUT2D eigenvalue weighted by Crippen LogP contribution is -2.07. The fraction of sp³-hybridized carbons (Fsp3) is 0.444. The van der Waals surface area contributed by atoms with Gasteiger partial charge in [-0.25, -0.2) is 0 Å². The summed E-state index contributed by atoms with van der Waals surface area (Å²) >= 11 is 0. The molecule has 66 valence electrons. The van der Waals surface area contributed by atoms with Crippen molar-refractivity contribution in [3.63, 3.8) is 0 Å². The Balaban J connectivity index is 4.55. The summed E-state index contributed by atoms with van der Waals surface area (Å²) in [4.78, 5) is 0. The fourth-order valence-electron chi connectivity index (χ4n) is 0.771. The maximum atomic E-state index is 6.43. The van der Waals surface area contributed by atoms with Crippen molar-refractivity contribution >= 4 is 6.21 Å². The van der Waals surface area contributed by atoms with Gasteiger partial charge in [-0.1, -0.05) is 38.6 Å². The van der Waals surface area contributed by atoms with Crippen LogP contribution in [0, 0.1) is 10.9 Å². The van der Waals surface area contributed by atoms with Gasteiger partial charge in [0.1, 0.15) is 0 Å². The molecule has 3 nitrogen and oxygen atoms in total. The van der Waals surface area contributed by atoms with E-state index in [4.69, 9.17) is 5.53 Å². The summed E-state index contributed by atoms with van der Waals surface area (Å²) in [5.41, 5.74) is 7.58. The van der Waals surface area contributed by atoms with E-state index in [1.165, 1.54) is 6.21 Å². The van der Waals surface area contributed by atoms with Gasteiger partial charge in [0.2, 0.25) is 0 Å². The van der Waals surface area contributed by atoms with Gasteiger partial charge < -0.3 is 0 Å². The molecule has 0 rings (SSSR count). The first-order valence-corrected chi connectivity index (χ1v) is 3.75. The van der Waals surface area contributed by atoms with Crippen LogP contribution in [0.15, 0.2) is 34.6 Å². The van der Waals surface area contributed by atoms with Crippen molar-refractivity contribution in [3.05, 3.63) is 24.3 Å². The Kier molecular flexibility index (Phi) is 4.11. The first kappa shape index (κ1) is 10.8. The Morgan fingerprint density at radius 2 is 2.00 bits per heavy atom. The van der Waals surface area contributed by atoms with Crippen molar-refractivity contribution in [1.82, 2.24) is 0 Å². The maximum Gasteiger partial charge on any atom is 0.0516 e. The lowest BCUT2D eigenvalue weighted by molar-refractivity contribution is 0.518. The largest absolute Gasteiger partial charge is 0.185 e. The van der Waals surface area contributed by atoms with Crippen molar-refractivity contribution < 1.29 is 0 Å². The predicted octanol–water partition coefficient (Wildman–Crippen LogP) is 3.16. The second-order valence-corrected chi connectivity index (χ2v) is 3.44. The molecule has 1 N–H and O–H groups in total. The molecule has 0 aromatic rings. The highest BCUT2D eigenvalue weighted by atomic mass is 15.3. The monoisotopic (exact) mass is 165 g/mol. The Bertz CT molecular complexity index is 218. The summed E-state index contributed by atoms with van der Waals surface area (Å²) in [6.45, 7) is 9.97. The van der Waals surface area contributed by atoms with E-state index in [9.17, 15) is 0 Å². The van der Waals surface area contributed by atoms with Crippen LogP contribution in [-0.2, 0) is 0 Å². The summed E-state index contributed by atoms with van der Waals surface area (Å²) in [6.07, 6.45) is 5.09. The molecular weight excluding hydrogens is 150 g/mol. The Morgan fingerprint density at radius 1 is 1.42 bits per heavy atom. The lowest BCUT2D eigenvalue weighted by atomic mass is 9.86. The molecule has 0 amide bonds. The van der Waals surface area contributed by atoms with Crippen molar-refractivity contribution in [1.29, 1.82) is 5.53 Å². The molecule has 0 spiro atoms. The van der Waals surface area contributed by atoms with Gasteiger partial charge in [0, 0.05) is 0 Å². The third-order valence-electron chi connectivity index (χ3n) is 1.46. The number of nitrogens with zero attached hydrogens (tertiary/aromatic N) is 2. The van der Waals surface area contributed by atoms with Crippen LogP contribution in [0.1, 0.15) is 20.8 Å². The van der Waals surface area contributed by atoms with Gasteiger partial charge in [0.05, 0.1) is 6.21 Å². The minimum absolute atomic E-state index is 0.0653. The lowest BCUT2D eigenvalue weighted by Gasteiger charge is -2.19. The molecule has 0 aliphatic heterocycles. The third kappa shape index (κ3) is 3.81. The third-order valence-corrected chi connectivity index (χ3v) is 1.46. The van der Waals surface area contributed by atoms with E-state index in [0.717, 1.165) is 5.57 Å². The zero-order valence-electron chi connectivity index (χ0n) is 7.83. The molecule has 0 unspecified atom stereocenters. The molecule has 0 aromatic heterocycles. The van der Waals surface area contributed by atoms with Crippen LogP contribution in [0.2, 0.25) is 0 Å². The number of hydrogen-bond donors (Lipinski definition) is 1. The highest BCUT2D eigenvalue weighted by Crippen LogP contribution is 2.24. The summed E-state index contributed by atoms with van der Waals surface area (Å²) < 4.78 is 0. The van der Waals surface area contributed by atoms with Crippen LogP contribution in [0.4, 0.5) is 0 Å². The quantitative estimate of drug-likeness (QED) is 0.289. The minimum Gasteiger partial charge on any atom is -0.185 e. The van der Waals surface area contributed by atoms with Crippen LogP contribution >= 0.6 is 0 Å². The highest BCUT2D eigenvalue weighted by Gasteiger charge is 2.12. The molecule has 0 fully saturated rings. The SMILES string of the molecule is C=C/C(=C\C=N/N=N)C(C)(C)C. The smallest absolute Gasteiger partial charge is 0.0516 e. The number of hydrogen-bond acceptors (Lipinski definition) is 2. The van der Waals surface area contributed by atoms with Crippen LogP contribution in [0.3, 0.4) is 0 Å². The van der Waals surface area contributed by atoms with Gasteiger partial charge in [-0.2, -0.15) is 5.53 Å². The zero-order chi connectivity index (χ0) is 9.61. The average Bonchev–Trinajstić information content (AvgIpc) is 1.95. The number of nitrogens with one attached hydrogen (secondary N) is 1. The summed E-state index contributed by atoms with van der Waals surface area (Å²) in [5.74, 6) is 0. The van der Waals surface area contributed by atoms with Gasteiger partial charge in [-0.3, -0.25) is 0 Å². The molecule has 0 aliphatic carbocycles. The number of allylic oxidation sites excluding steroid dienone is 3. The van der Waals surface area contributed by atoms with Crippen LogP contribution < -0.4 is 0 Å². The Morgan fingerprint density at radius 3 is 2.33 bits per heavy atom. The summed E-state index contributed by atoms with van der Waals surface area (Å²) in [5, 5.41) is 6.28. The molecule has 0 heterocycles. The van der Waals surface area contributed by atoms with E-state index in [-0.39, 0.29) is 5.41 Å². The fourth-order valence-corrected chi connectivity index (χ4v) is 0.771. The molecule has 0 aliphatic rings. The van der Waals surface area contributed by atoms with Crippen LogP contribution in [-0.4, -0.2) is 6.21 Å². The topological polar surface area (TPSA) is 48.6 Å². The van der Waals surface area contributed by atoms with Crippen molar-refractivity contribution in [3.8, 4) is 0 Å². The van der Waals surface area contributed by atoms with Gasteiger partial charge in [-0.15, -0.1) is 5.10 Å². The van der Waals surface area contributed by atoms with Gasteiger partial charge in [0.15, 0.2) is 0 Å². The van der Waals surface area contributed by atoms with Gasteiger partial charge >= 0.3 is 0 Å². The van der Waals surface area contributed by atoms with Crippen molar-refractivity contribution in [2.45, 2.75) is 20.8 Å². The highest BCUT2D eigenvalue weighted by molar-refractivity contribution is 5.73. The van der Waals surface area contributed by atoms with E-state index >= 15 is 0 Å². The van der Waals surface area contributed by atoms with E-state index in [1.54, 1.807) is 6.08 Å². The Labute approximate surface area is 73.4 Å². The second kappa shape index (κ2) is 4.59. The molecule has 0 aromatic carbocycles. The van der Waals surface area contributed by atoms with Gasteiger partial charge in [-0.05, 0) is 17.1 Å². The molecule has 3 heteroatoms. The molecule has 0 bridgehead atoms. The van der Waals surface area contributed by atoms with E-state index in [2.05, 4.69) is 37.7 Å². The maximum absolute atomic E-state index is 6.43. The normalized spacial score (nSPS) is 13.4. The molecule has 0 radical (unpaired) electrons. The van der Waals surface area contributed by atoms with E-state index in [0.29, 0.717) is 0 Å². The number of rotatable bonds is 3. The predicted molar refractivity (Wildman–Crippen MR) is 51.4 cm³/mol. The first-order chi connectivity index (χ1) is 5.52. The zero-order valence-corrected chi connectivity index (χ0v) is 7.83. The molecular formula is C9H15N3. The first-order valence-electron chi connectivity index (χ1n) is 3.75. The van der Waals surface area contributed by atoms with Crippen molar-refractivity contribution in [2.75, 3.05) is 0 Å². The van der Waals surface area contributed by atoms with E-state index in [1.807, 2.05) is 6.08 Å².